The first-order chi connectivity index (χ1) is 8.33. The quantitative estimate of drug-likeness (QED) is 0.747. The molecule has 2 saturated heterocycles. The third-order valence-electron chi connectivity index (χ3n) is 4.30. The Bertz CT molecular complexity index is 263. The van der Waals surface area contributed by atoms with Gasteiger partial charge in [0.1, 0.15) is 0 Å². The number of piperidine rings is 1. The minimum absolute atomic E-state index is 0.299. The molecule has 2 fully saturated rings. The maximum Gasteiger partial charge on any atom is 0.0669 e. The average molecular weight is 235 g/mol. The zero-order valence-electron chi connectivity index (χ0n) is 11.1. The van der Waals surface area contributed by atoms with Crippen LogP contribution in [-0.4, -0.2) is 48.6 Å². The Morgan fingerprint density at radius 2 is 1.94 bits per heavy atom. The molecule has 1 unspecified atom stereocenters. The van der Waals surface area contributed by atoms with Crippen LogP contribution in [0.4, 0.5) is 0 Å². The molecule has 0 aromatic rings. The van der Waals surface area contributed by atoms with Gasteiger partial charge >= 0.3 is 0 Å². The molecule has 3 heteroatoms. The molecule has 2 aliphatic heterocycles. The van der Waals surface area contributed by atoms with Gasteiger partial charge in [-0.15, -0.1) is 0 Å². The number of likely N-dealkylation sites (tertiary alicyclic amines) is 2. The van der Waals surface area contributed by atoms with Crippen molar-refractivity contribution in [1.82, 2.24) is 9.80 Å². The van der Waals surface area contributed by atoms with Crippen LogP contribution in [0.5, 0.6) is 0 Å². The summed E-state index contributed by atoms with van der Waals surface area (Å²) in [5.74, 6) is 0.299. The van der Waals surface area contributed by atoms with E-state index in [2.05, 4.69) is 22.8 Å². The highest BCUT2D eigenvalue weighted by molar-refractivity contribution is 4.93. The van der Waals surface area contributed by atoms with E-state index in [1.54, 1.807) is 0 Å². The zero-order chi connectivity index (χ0) is 12.1. The van der Waals surface area contributed by atoms with Gasteiger partial charge < -0.3 is 4.90 Å². The molecule has 0 radical (unpaired) electrons. The van der Waals surface area contributed by atoms with Gasteiger partial charge in [0.2, 0.25) is 0 Å². The highest BCUT2D eigenvalue weighted by Gasteiger charge is 2.30. The maximum atomic E-state index is 8.94. The lowest BCUT2D eigenvalue weighted by atomic mass is 10.0. The molecule has 2 aliphatic rings. The van der Waals surface area contributed by atoms with Crippen molar-refractivity contribution in [1.29, 1.82) is 5.26 Å². The van der Waals surface area contributed by atoms with E-state index < -0.39 is 0 Å². The standard InChI is InChI=1S/C14H25N3/c1-2-3-7-16-8-5-14(6-9-16)17-10-4-13(11-15)12-17/h13-14H,2-10,12H2,1H3. The second-order valence-electron chi connectivity index (χ2n) is 5.54. The van der Waals surface area contributed by atoms with Crippen LogP contribution >= 0.6 is 0 Å². The van der Waals surface area contributed by atoms with Crippen molar-refractivity contribution in [2.75, 3.05) is 32.7 Å². The molecular formula is C14H25N3. The van der Waals surface area contributed by atoms with E-state index in [0.29, 0.717) is 5.92 Å². The van der Waals surface area contributed by atoms with Gasteiger partial charge in [0, 0.05) is 12.6 Å². The lowest BCUT2D eigenvalue weighted by Gasteiger charge is -2.36. The summed E-state index contributed by atoms with van der Waals surface area (Å²) in [6, 6.07) is 3.17. The monoisotopic (exact) mass is 235 g/mol. The van der Waals surface area contributed by atoms with Gasteiger partial charge in [-0.3, -0.25) is 4.90 Å². The zero-order valence-corrected chi connectivity index (χ0v) is 11.1. The summed E-state index contributed by atoms with van der Waals surface area (Å²) in [7, 11) is 0. The fraction of sp³-hybridized carbons (Fsp3) is 0.929. The van der Waals surface area contributed by atoms with E-state index in [0.717, 1.165) is 25.6 Å². The molecule has 0 bridgehead atoms. The first-order valence-electron chi connectivity index (χ1n) is 7.19. The van der Waals surface area contributed by atoms with Gasteiger partial charge in [-0.05, 0) is 51.9 Å². The van der Waals surface area contributed by atoms with Crippen LogP contribution in [0.2, 0.25) is 0 Å². The van der Waals surface area contributed by atoms with Crippen LogP contribution in [0.3, 0.4) is 0 Å². The highest BCUT2D eigenvalue weighted by Crippen LogP contribution is 2.24. The van der Waals surface area contributed by atoms with Gasteiger partial charge in [-0.2, -0.15) is 5.26 Å². The predicted octanol–water partition coefficient (Wildman–Crippen LogP) is 2.10. The number of hydrogen-bond acceptors (Lipinski definition) is 3. The Labute approximate surface area is 105 Å². The molecule has 3 nitrogen and oxygen atoms in total. The first kappa shape index (κ1) is 12.9. The van der Waals surface area contributed by atoms with Crippen LogP contribution in [0.25, 0.3) is 0 Å². The molecule has 0 spiro atoms. The smallest absolute Gasteiger partial charge is 0.0669 e. The summed E-state index contributed by atoms with van der Waals surface area (Å²) in [5.41, 5.74) is 0. The fourth-order valence-corrected chi connectivity index (χ4v) is 3.11. The fourth-order valence-electron chi connectivity index (χ4n) is 3.11. The van der Waals surface area contributed by atoms with E-state index in [1.807, 2.05) is 0 Å². The Morgan fingerprint density at radius 3 is 2.53 bits per heavy atom. The minimum atomic E-state index is 0.299. The van der Waals surface area contributed by atoms with Crippen molar-refractivity contribution < 1.29 is 0 Å². The van der Waals surface area contributed by atoms with Crippen molar-refractivity contribution >= 4 is 0 Å². The molecular weight excluding hydrogens is 210 g/mol. The Hall–Kier alpha value is -0.590. The normalized spacial score (nSPS) is 28.4. The number of hydrogen-bond donors (Lipinski definition) is 0. The molecule has 2 rings (SSSR count). The number of rotatable bonds is 4. The third-order valence-corrected chi connectivity index (χ3v) is 4.30. The minimum Gasteiger partial charge on any atom is -0.303 e. The van der Waals surface area contributed by atoms with Gasteiger partial charge in [-0.25, -0.2) is 0 Å². The topological polar surface area (TPSA) is 30.3 Å². The summed E-state index contributed by atoms with van der Waals surface area (Å²) in [5, 5.41) is 8.94. The lowest BCUT2D eigenvalue weighted by Crippen LogP contribution is -2.44. The van der Waals surface area contributed by atoms with Crippen LogP contribution in [0.15, 0.2) is 0 Å². The molecule has 0 saturated carbocycles. The lowest BCUT2D eigenvalue weighted by molar-refractivity contribution is 0.124. The maximum absolute atomic E-state index is 8.94. The summed E-state index contributed by atoms with van der Waals surface area (Å²) in [4.78, 5) is 5.17. The van der Waals surface area contributed by atoms with Gasteiger partial charge in [0.25, 0.3) is 0 Å². The van der Waals surface area contributed by atoms with Crippen molar-refractivity contribution in [2.24, 2.45) is 5.92 Å². The van der Waals surface area contributed by atoms with E-state index >= 15 is 0 Å². The summed E-state index contributed by atoms with van der Waals surface area (Å²) in [6.45, 7) is 8.24. The number of nitrogens with zero attached hydrogens (tertiary/aromatic N) is 3. The van der Waals surface area contributed by atoms with Crippen molar-refractivity contribution in [3.8, 4) is 6.07 Å². The highest BCUT2D eigenvalue weighted by atomic mass is 15.2. The molecule has 17 heavy (non-hydrogen) atoms. The second-order valence-corrected chi connectivity index (χ2v) is 5.54. The van der Waals surface area contributed by atoms with E-state index in [9.17, 15) is 0 Å². The second kappa shape index (κ2) is 6.37. The molecule has 0 aromatic carbocycles. The third kappa shape index (κ3) is 3.43. The summed E-state index contributed by atoms with van der Waals surface area (Å²) < 4.78 is 0. The van der Waals surface area contributed by atoms with Gasteiger partial charge in [0.05, 0.1) is 12.0 Å². The van der Waals surface area contributed by atoms with E-state index in [4.69, 9.17) is 5.26 Å². The van der Waals surface area contributed by atoms with Crippen LogP contribution in [0.1, 0.15) is 39.0 Å². The van der Waals surface area contributed by atoms with Crippen molar-refractivity contribution in [2.45, 2.75) is 45.1 Å². The number of unbranched alkanes of at least 4 members (excludes halogenated alkanes) is 1. The molecule has 96 valence electrons. The van der Waals surface area contributed by atoms with Gasteiger partial charge in [-0.1, -0.05) is 13.3 Å². The Balaban J connectivity index is 1.70. The molecule has 0 N–H and O–H groups in total. The summed E-state index contributed by atoms with van der Waals surface area (Å²) in [6.07, 6.45) is 6.34. The van der Waals surface area contributed by atoms with Crippen molar-refractivity contribution in [3.05, 3.63) is 0 Å². The molecule has 1 atom stereocenters. The van der Waals surface area contributed by atoms with Crippen LogP contribution in [-0.2, 0) is 0 Å². The molecule has 0 amide bonds. The van der Waals surface area contributed by atoms with Gasteiger partial charge in [0.15, 0.2) is 0 Å². The molecule has 0 aromatic heterocycles. The number of nitriles is 1. The Morgan fingerprint density at radius 1 is 1.18 bits per heavy atom. The van der Waals surface area contributed by atoms with Crippen molar-refractivity contribution in [3.63, 3.8) is 0 Å². The first-order valence-corrected chi connectivity index (χ1v) is 7.19. The molecule has 0 aliphatic carbocycles. The SMILES string of the molecule is CCCCN1CCC(N2CCC(C#N)C2)CC1. The van der Waals surface area contributed by atoms with Crippen LogP contribution in [0, 0.1) is 17.2 Å². The summed E-state index contributed by atoms with van der Waals surface area (Å²) >= 11 is 0. The average Bonchev–Trinajstić information content (AvgIpc) is 2.86. The predicted molar refractivity (Wildman–Crippen MR) is 69.7 cm³/mol. The van der Waals surface area contributed by atoms with Crippen LogP contribution < -0.4 is 0 Å². The Kier molecular flexibility index (Phi) is 4.82. The molecule has 2 heterocycles. The largest absolute Gasteiger partial charge is 0.303 e. The van der Waals surface area contributed by atoms with E-state index in [1.165, 1.54) is 45.3 Å². The van der Waals surface area contributed by atoms with E-state index in [-0.39, 0.29) is 0 Å².